The van der Waals surface area contributed by atoms with E-state index in [1.165, 1.54) is 19.3 Å². The fourth-order valence-corrected chi connectivity index (χ4v) is 6.67. The first-order chi connectivity index (χ1) is 12.3. The Morgan fingerprint density at radius 2 is 1.78 bits per heavy atom. The van der Waals surface area contributed by atoms with Crippen LogP contribution >= 0.6 is 0 Å². The lowest BCUT2D eigenvalue weighted by atomic mass is 9.70. The van der Waals surface area contributed by atoms with Crippen LogP contribution in [-0.4, -0.2) is 48.1 Å². The minimum atomic E-state index is -4.49. The molecule has 5 nitrogen and oxygen atoms in total. The average molecular weight is 421 g/mol. The van der Waals surface area contributed by atoms with Crippen molar-refractivity contribution in [2.45, 2.75) is 77.9 Å². The Kier molecular flexibility index (Phi) is 8.58. The van der Waals surface area contributed by atoms with Crippen LogP contribution in [-0.2, 0) is 30.6 Å². The standard InChI is InChI=1S/C10H16O4S.C10H21OS/c1-9(2)6-4-5-10(9,3)8(11)7(6)15(12,13)14;1-4-5-6-7-8-10(11)9-12(2)3/h6-7H,4-5H2,1-3H3,(H,12,13,14);4-9H2,1-3H3/q;+1/p-1. The number of Topliss-reactive ketones (excluding diaryl/α,β-unsaturated/α-hetero) is 2. The minimum Gasteiger partial charge on any atom is -0.747 e. The van der Waals surface area contributed by atoms with Gasteiger partial charge in [0.05, 0.1) is 12.5 Å². The van der Waals surface area contributed by atoms with Crippen molar-refractivity contribution >= 4 is 32.6 Å². The highest BCUT2D eigenvalue weighted by Gasteiger charge is 2.67. The molecule has 3 atom stereocenters. The summed E-state index contributed by atoms with van der Waals surface area (Å²) in [6, 6.07) is 0. The van der Waals surface area contributed by atoms with Crippen molar-refractivity contribution in [2.75, 3.05) is 18.3 Å². The highest BCUT2D eigenvalue weighted by atomic mass is 32.2. The summed E-state index contributed by atoms with van der Waals surface area (Å²) in [5, 5.41) is -1.30. The highest BCUT2D eigenvalue weighted by molar-refractivity contribution is 7.96. The van der Waals surface area contributed by atoms with Gasteiger partial charge in [-0.2, -0.15) is 0 Å². The zero-order valence-electron chi connectivity index (χ0n) is 17.7. The Labute approximate surface area is 168 Å². The molecule has 0 radical (unpaired) electrons. The van der Waals surface area contributed by atoms with E-state index in [9.17, 15) is 22.6 Å². The van der Waals surface area contributed by atoms with Gasteiger partial charge in [-0.1, -0.05) is 47.0 Å². The maximum absolute atomic E-state index is 12.0. The van der Waals surface area contributed by atoms with Gasteiger partial charge in [-0.25, -0.2) is 8.42 Å². The van der Waals surface area contributed by atoms with E-state index in [4.69, 9.17) is 0 Å². The number of ketones is 2. The fourth-order valence-electron chi connectivity index (χ4n) is 4.48. The lowest BCUT2D eigenvalue weighted by Gasteiger charge is -2.32. The SMILES string of the molecule is CC12CCC(C(S(=O)(=O)[O-])C1=O)C2(C)C.CCCCCCC(=O)C[S+](C)C. The quantitative estimate of drug-likeness (QED) is 0.341. The van der Waals surface area contributed by atoms with Gasteiger partial charge in [0.1, 0.15) is 15.4 Å². The van der Waals surface area contributed by atoms with E-state index in [1.54, 1.807) is 6.92 Å². The molecule has 0 aromatic heterocycles. The molecule has 27 heavy (non-hydrogen) atoms. The van der Waals surface area contributed by atoms with E-state index in [0.717, 1.165) is 18.6 Å². The molecule has 2 aliphatic rings. The zero-order chi connectivity index (χ0) is 21.0. The molecule has 0 heterocycles. The van der Waals surface area contributed by atoms with Crippen LogP contribution in [0.2, 0.25) is 0 Å². The van der Waals surface area contributed by atoms with Crippen LogP contribution < -0.4 is 0 Å². The summed E-state index contributed by atoms with van der Waals surface area (Å²) in [4.78, 5) is 23.2. The molecule has 2 aliphatic carbocycles. The monoisotopic (exact) mass is 420 g/mol. The summed E-state index contributed by atoms with van der Waals surface area (Å²) in [7, 11) is -4.19. The second kappa shape index (κ2) is 9.40. The second-order valence-electron chi connectivity index (χ2n) is 8.96. The van der Waals surface area contributed by atoms with Gasteiger partial charge in [-0.15, -0.1) is 0 Å². The maximum atomic E-state index is 12.0. The Bertz CT molecular complexity index is 639. The van der Waals surface area contributed by atoms with Gasteiger partial charge in [-0.3, -0.25) is 9.59 Å². The number of fused-ring (bicyclic) bond motifs is 2. The van der Waals surface area contributed by atoms with Crippen molar-refractivity contribution in [3.8, 4) is 0 Å². The third-order valence-corrected chi connectivity index (χ3v) is 8.61. The second-order valence-corrected chi connectivity index (χ2v) is 12.7. The van der Waals surface area contributed by atoms with Crippen molar-refractivity contribution in [3.63, 3.8) is 0 Å². The molecule has 7 heteroatoms. The van der Waals surface area contributed by atoms with Crippen LogP contribution in [0.15, 0.2) is 0 Å². The van der Waals surface area contributed by atoms with Crippen LogP contribution in [0, 0.1) is 16.7 Å². The number of hydrogen-bond donors (Lipinski definition) is 0. The van der Waals surface area contributed by atoms with E-state index < -0.39 is 20.8 Å². The van der Waals surface area contributed by atoms with Crippen molar-refractivity contribution in [1.82, 2.24) is 0 Å². The topological polar surface area (TPSA) is 91.3 Å². The molecule has 2 fully saturated rings. The van der Waals surface area contributed by atoms with Crippen LogP contribution in [0.1, 0.15) is 72.6 Å². The molecule has 0 aliphatic heterocycles. The van der Waals surface area contributed by atoms with Crippen molar-refractivity contribution in [2.24, 2.45) is 16.7 Å². The number of unbranched alkanes of at least 4 members (excludes halogenated alkanes) is 3. The summed E-state index contributed by atoms with van der Waals surface area (Å²) in [6.45, 7) is 7.78. The largest absolute Gasteiger partial charge is 0.747 e. The predicted octanol–water partition coefficient (Wildman–Crippen LogP) is 3.33. The average Bonchev–Trinajstić information content (AvgIpc) is 2.83. The Morgan fingerprint density at radius 1 is 1.19 bits per heavy atom. The molecule has 2 bridgehead atoms. The molecule has 0 N–H and O–H groups in total. The molecule has 0 saturated heterocycles. The van der Waals surface area contributed by atoms with E-state index >= 15 is 0 Å². The summed E-state index contributed by atoms with van der Waals surface area (Å²) in [5.41, 5.74) is -0.994. The van der Waals surface area contributed by atoms with Gasteiger partial charge in [0.2, 0.25) is 0 Å². The van der Waals surface area contributed by atoms with Crippen molar-refractivity contribution < 1.29 is 22.6 Å². The summed E-state index contributed by atoms with van der Waals surface area (Å²) >= 11 is 0. The maximum Gasteiger partial charge on any atom is 0.181 e. The van der Waals surface area contributed by atoms with Gasteiger partial charge in [-0.05, 0) is 41.5 Å². The molecule has 2 rings (SSSR count). The molecule has 3 unspecified atom stereocenters. The molecule has 0 aromatic rings. The molecular weight excluding hydrogens is 384 g/mol. The van der Waals surface area contributed by atoms with Crippen molar-refractivity contribution in [3.05, 3.63) is 0 Å². The van der Waals surface area contributed by atoms with Gasteiger partial charge in [0.25, 0.3) is 0 Å². The van der Waals surface area contributed by atoms with Crippen LogP contribution in [0.5, 0.6) is 0 Å². The Morgan fingerprint density at radius 3 is 2.15 bits per heavy atom. The number of hydrogen-bond acceptors (Lipinski definition) is 5. The first-order valence-electron chi connectivity index (χ1n) is 9.84. The first kappa shape index (κ1) is 24.6. The first-order valence-corrected chi connectivity index (χ1v) is 13.5. The van der Waals surface area contributed by atoms with E-state index in [2.05, 4.69) is 19.4 Å². The molecule has 2 saturated carbocycles. The van der Waals surface area contributed by atoms with Gasteiger partial charge >= 0.3 is 0 Å². The van der Waals surface area contributed by atoms with E-state index in [-0.39, 0.29) is 17.1 Å². The number of carbonyl (C=O) groups is 2. The highest BCUT2D eigenvalue weighted by Crippen LogP contribution is 2.64. The van der Waals surface area contributed by atoms with Crippen LogP contribution in [0.4, 0.5) is 0 Å². The number of carbonyl (C=O) groups excluding carboxylic acids is 2. The smallest absolute Gasteiger partial charge is 0.181 e. The third kappa shape index (κ3) is 5.57. The fraction of sp³-hybridized carbons (Fsp3) is 0.900. The van der Waals surface area contributed by atoms with Gasteiger partial charge in [0, 0.05) is 11.8 Å². The summed E-state index contributed by atoms with van der Waals surface area (Å²) < 4.78 is 33.3. The normalized spacial score (nSPS) is 29.0. The summed E-state index contributed by atoms with van der Waals surface area (Å²) in [6.07, 6.45) is 11.3. The zero-order valence-corrected chi connectivity index (χ0v) is 19.3. The Balaban J connectivity index is 0.000000279. The van der Waals surface area contributed by atoms with Gasteiger partial charge in [0.15, 0.2) is 17.3 Å². The lowest BCUT2D eigenvalue weighted by molar-refractivity contribution is -0.128. The Hall–Kier alpha value is -0.400. The van der Waals surface area contributed by atoms with Crippen molar-refractivity contribution in [1.29, 1.82) is 0 Å². The third-order valence-electron chi connectivity index (χ3n) is 6.54. The molecule has 158 valence electrons. The molecule has 0 amide bonds. The van der Waals surface area contributed by atoms with E-state index in [1.807, 2.05) is 13.8 Å². The lowest BCUT2D eigenvalue weighted by Crippen LogP contribution is -2.38. The van der Waals surface area contributed by atoms with Crippen LogP contribution in [0.3, 0.4) is 0 Å². The molecule has 0 aromatic carbocycles. The number of rotatable bonds is 8. The minimum absolute atomic E-state index is 0.294. The summed E-state index contributed by atoms with van der Waals surface area (Å²) in [5.74, 6) is 0.599. The predicted molar refractivity (Wildman–Crippen MR) is 111 cm³/mol. The molecule has 0 spiro atoms. The van der Waals surface area contributed by atoms with Gasteiger partial charge < -0.3 is 4.55 Å². The molecular formula is C20H36O5S2. The van der Waals surface area contributed by atoms with E-state index in [0.29, 0.717) is 29.5 Å². The van der Waals surface area contributed by atoms with Crippen LogP contribution in [0.25, 0.3) is 0 Å².